The normalized spacial score (nSPS) is 19.1. The Bertz CT molecular complexity index is 1230. The van der Waals surface area contributed by atoms with E-state index in [0.717, 1.165) is 49.2 Å². The van der Waals surface area contributed by atoms with Crippen molar-refractivity contribution < 1.29 is 14.6 Å². The average molecular weight is 533 g/mol. The van der Waals surface area contributed by atoms with Crippen LogP contribution in [0.1, 0.15) is 57.2 Å². The second kappa shape index (κ2) is 13.5. The molecule has 1 saturated heterocycles. The van der Waals surface area contributed by atoms with Crippen molar-refractivity contribution >= 4 is 5.97 Å². The Kier molecular flexibility index (Phi) is 9.84. The number of aromatic nitrogens is 4. The van der Waals surface area contributed by atoms with Gasteiger partial charge in [-0.3, -0.25) is 14.6 Å². The maximum absolute atomic E-state index is 11.6. The molecule has 39 heavy (non-hydrogen) atoms. The summed E-state index contributed by atoms with van der Waals surface area (Å²) in [7, 11) is 0. The molecule has 0 spiro atoms. The second-order valence-corrected chi connectivity index (χ2v) is 10.2. The zero-order valence-corrected chi connectivity index (χ0v) is 23.2. The Balaban J connectivity index is 1.54. The van der Waals surface area contributed by atoms with Crippen LogP contribution >= 0.6 is 0 Å². The molecule has 0 radical (unpaired) electrons. The van der Waals surface area contributed by atoms with Crippen LogP contribution in [0.3, 0.4) is 0 Å². The van der Waals surface area contributed by atoms with E-state index in [9.17, 15) is 9.90 Å². The summed E-state index contributed by atoms with van der Waals surface area (Å²) in [5.41, 5.74) is 3.14. The Morgan fingerprint density at radius 1 is 1.13 bits per heavy atom. The first-order valence-electron chi connectivity index (χ1n) is 13.8. The molecule has 0 unspecified atom stereocenters. The van der Waals surface area contributed by atoms with E-state index in [1.807, 2.05) is 25.1 Å². The van der Waals surface area contributed by atoms with Crippen LogP contribution in [0.15, 0.2) is 61.2 Å². The quantitative estimate of drug-likeness (QED) is 0.208. The van der Waals surface area contributed by atoms with Gasteiger partial charge in [0.1, 0.15) is 5.75 Å². The molecule has 9 heteroatoms. The highest BCUT2D eigenvalue weighted by molar-refractivity contribution is 5.69. The lowest BCUT2D eigenvalue weighted by atomic mass is 9.92. The van der Waals surface area contributed by atoms with Crippen LogP contribution in [0.4, 0.5) is 0 Å². The number of unbranched alkanes of at least 4 members (excludes halogenated alkanes) is 1. The molecule has 1 aliphatic heterocycles. The van der Waals surface area contributed by atoms with Crippen molar-refractivity contribution in [3.05, 3.63) is 72.3 Å². The van der Waals surface area contributed by atoms with E-state index >= 15 is 0 Å². The Morgan fingerprint density at radius 2 is 1.92 bits per heavy atom. The molecule has 2 heterocycles. The fraction of sp³-hybridized carbons (Fsp3) is 0.467. The summed E-state index contributed by atoms with van der Waals surface area (Å²) in [4.78, 5) is 16.6. The molecular formula is C30H40N6O3. The number of nitrogens with zero attached hydrogens (tertiary/aromatic N) is 6. The fourth-order valence-corrected chi connectivity index (χ4v) is 5.42. The number of carbonyl (C=O) groups is 1. The standard InChI is InChI=1S/C30H40N6O3/c1-5-17-34-20-23(4)35(21-22(34)3)29(26-10-9-11-27(37)19-26)24-13-15-25(16-14-24)30-31-32-33-36(30)18-8-7-12-28(38)39-6-2/h5,9-11,13-16,19,22-23,29,37H,1,6-8,12,17-18,20-21H2,2-4H3/t22-,23+,29-/m1/s1. The zero-order valence-electron chi connectivity index (χ0n) is 23.2. The number of rotatable bonds is 12. The van der Waals surface area contributed by atoms with Crippen molar-refractivity contribution in [2.45, 2.75) is 64.7 Å². The smallest absolute Gasteiger partial charge is 0.305 e. The van der Waals surface area contributed by atoms with Gasteiger partial charge >= 0.3 is 5.97 Å². The van der Waals surface area contributed by atoms with Gasteiger partial charge in [-0.05, 0) is 67.3 Å². The monoisotopic (exact) mass is 532 g/mol. The number of esters is 1. The molecule has 3 atom stereocenters. The molecule has 2 aromatic carbocycles. The minimum Gasteiger partial charge on any atom is -0.508 e. The largest absolute Gasteiger partial charge is 0.508 e. The summed E-state index contributed by atoms with van der Waals surface area (Å²) in [6, 6.07) is 16.7. The predicted octanol–water partition coefficient (Wildman–Crippen LogP) is 4.45. The fourth-order valence-electron chi connectivity index (χ4n) is 5.42. The maximum Gasteiger partial charge on any atom is 0.305 e. The molecule has 1 fully saturated rings. The molecule has 1 N–H and O–H groups in total. The van der Waals surface area contributed by atoms with Gasteiger partial charge in [0, 0.05) is 50.2 Å². The van der Waals surface area contributed by atoms with E-state index in [-0.39, 0.29) is 17.8 Å². The number of phenolic OH excluding ortho intramolecular Hbond substituents is 1. The van der Waals surface area contributed by atoms with Gasteiger partial charge in [-0.1, -0.05) is 42.5 Å². The molecule has 0 amide bonds. The first-order valence-corrected chi connectivity index (χ1v) is 13.8. The highest BCUT2D eigenvalue weighted by Gasteiger charge is 2.34. The zero-order chi connectivity index (χ0) is 27.8. The lowest BCUT2D eigenvalue weighted by Crippen LogP contribution is -2.57. The highest BCUT2D eigenvalue weighted by Crippen LogP contribution is 2.35. The molecule has 1 aliphatic rings. The Hall–Kier alpha value is -3.56. The van der Waals surface area contributed by atoms with E-state index in [4.69, 9.17) is 4.74 Å². The van der Waals surface area contributed by atoms with Crippen molar-refractivity contribution in [2.24, 2.45) is 0 Å². The molecule has 1 aromatic heterocycles. The third kappa shape index (κ3) is 7.10. The minimum absolute atomic E-state index is 0.00615. The number of carbonyl (C=O) groups excluding carboxylic acids is 1. The van der Waals surface area contributed by atoms with Gasteiger partial charge in [-0.2, -0.15) is 0 Å². The van der Waals surface area contributed by atoms with E-state index in [0.29, 0.717) is 37.5 Å². The molecule has 0 saturated carbocycles. The van der Waals surface area contributed by atoms with Gasteiger partial charge < -0.3 is 9.84 Å². The van der Waals surface area contributed by atoms with Gasteiger partial charge in [0.2, 0.25) is 0 Å². The molecule has 9 nitrogen and oxygen atoms in total. The Morgan fingerprint density at radius 3 is 2.64 bits per heavy atom. The third-order valence-electron chi connectivity index (χ3n) is 7.37. The summed E-state index contributed by atoms with van der Waals surface area (Å²) in [6.07, 6.45) is 3.87. The van der Waals surface area contributed by atoms with Crippen molar-refractivity contribution in [2.75, 3.05) is 26.2 Å². The van der Waals surface area contributed by atoms with E-state index < -0.39 is 0 Å². The maximum atomic E-state index is 11.6. The molecule has 4 rings (SSSR count). The summed E-state index contributed by atoms with van der Waals surface area (Å²) in [5, 5.41) is 22.6. The molecule has 0 aliphatic carbocycles. The SMILES string of the molecule is C=CCN1C[C@H](C)N([C@H](c2ccc(-c3nnnn3CCCCC(=O)OCC)cc2)c2cccc(O)c2)C[C@H]1C. The average Bonchev–Trinajstić information content (AvgIpc) is 3.39. The van der Waals surface area contributed by atoms with Crippen LogP contribution in [0.5, 0.6) is 5.75 Å². The van der Waals surface area contributed by atoms with Crippen LogP contribution in [0.2, 0.25) is 0 Å². The number of tetrazole rings is 1. The third-order valence-corrected chi connectivity index (χ3v) is 7.37. The Labute approximate surface area is 231 Å². The number of aryl methyl sites for hydroxylation is 1. The van der Waals surface area contributed by atoms with Crippen LogP contribution in [-0.2, 0) is 16.1 Å². The first kappa shape index (κ1) is 28.4. The number of aromatic hydroxyl groups is 1. The summed E-state index contributed by atoms with van der Waals surface area (Å²) >= 11 is 0. The topological polar surface area (TPSA) is 96.6 Å². The van der Waals surface area contributed by atoms with Gasteiger partial charge in [-0.15, -0.1) is 11.7 Å². The van der Waals surface area contributed by atoms with Gasteiger partial charge in [0.25, 0.3) is 0 Å². The number of hydrogen-bond donors (Lipinski definition) is 1. The van der Waals surface area contributed by atoms with Gasteiger partial charge in [-0.25, -0.2) is 4.68 Å². The molecule has 0 bridgehead atoms. The predicted molar refractivity (Wildman–Crippen MR) is 151 cm³/mol. The van der Waals surface area contributed by atoms with Crippen molar-refractivity contribution in [3.8, 4) is 17.1 Å². The number of ether oxygens (including phenoxy) is 1. The van der Waals surface area contributed by atoms with E-state index in [1.165, 1.54) is 0 Å². The second-order valence-electron chi connectivity index (χ2n) is 10.2. The van der Waals surface area contributed by atoms with Gasteiger partial charge in [0.15, 0.2) is 5.82 Å². The highest BCUT2D eigenvalue weighted by atomic mass is 16.5. The lowest BCUT2D eigenvalue weighted by Gasteiger charge is -2.47. The first-order chi connectivity index (χ1) is 18.9. The van der Waals surface area contributed by atoms with Crippen LogP contribution in [0.25, 0.3) is 11.4 Å². The van der Waals surface area contributed by atoms with Crippen LogP contribution in [0, 0.1) is 0 Å². The van der Waals surface area contributed by atoms with E-state index in [1.54, 1.807) is 10.7 Å². The number of phenols is 1. The lowest BCUT2D eigenvalue weighted by molar-refractivity contribution is -0.143. The molecule has 3 aromatic rings. The van der Waals surface area contributed by atoms with Crippen molar-refractivity contribution in [1.82, 2.24) is 30.0 Å². The number of piperazine rings is 1. The van der Waals surface area contributed by atoms with Crippen molar-refractivity contribution in [3.63, 3.8) is 0 Å². The molecule has 208 valence electrons. The van der Waals surface area contributed by atoms with Gasteiger partial charge in [0.05, 0.1) is 12.6 Å². The summed E-state index contributed by atoms with van der Waals surface area (Å²) in [5.74, 6) is 0.797. The minimum atomic E-state index is -0.169. The number of benzene rings is 2. The van der Waals surface area contributed by atoms with Crippen LogP contribution < -0.4 is 0 Å². The molecular weight excluding hydrogens is 492 g/mol. The van der Waals surface area contributed by atoms with Crippen LogP contribution in [-0.4, -0.2) is 79.4 Å². The van der Waals surface area contributed by atoms with Crippen molar-refractivity contribution in [1.29, 1.82) is 0 Å². The number of hydrogen-bond acceptors (Lipinski definition) is 8. The van der Waals surface area contributed by atoms with E-state index in [2.05, 4.69) is 76.1 Å². The summed E-state index contributed by atoms with van der Waals surface area (Å²) < 4.78 is 6.79. The summed E-state index contributed by atoms with van der Waals surface area (Å²) in [6.45, 7) is 14.0.